The van der Waals surface area contributed by atoms with Gasteiger partial charge in [0.1, 0.15) is 12.3 Å². The van der Waals surface area contributed by atoms with E-state index in [1.807, 2.05) is 42.6 Å². The lowest BCUT2D eigenvalue weighted by Crippen LogP contribution is -2.43. The van der Waals surface area contributed by atoms with Crippen LogP contribution in [0.4, 0.5) is 11.4 Å². The zero-order valence-electron chi connectivity index (χ0n) is 14.9. The first-order chi connectivity index (χ1) is 13.5. The number of aryl methyl sites for hydroxylation is 1. The number of anilines is 2. The fraction of sp³-hybridized carbons (Fsp3) is 0.150. The van der Waals surface area contributed by atoms with Crippen molar-refractivity contribution in [2.24, 2.45) is 0 Å². The molecular formula is C20H16BrN3O3S. The average Bonchev–Trinajstić information content (AvgIpc) is 3.11. The van der Waals surface area contributed by atoms with E-state index in [1.165, 1.54) is 4.90 Å². The fourth-order valence-electron chi connectivity index (χ4n) is 2.92. The van der Waals surface area contributed by atoms with Crippen LogP contribution in [0.15, 0.2) is 52.3 Å². The molecule has 1 aromatic heterocycles. The Kier molecular flexibility index (Phi) is 5.15. The topological polar surface area (TPSA) is 71.5 Å². The fourth-order valence-corrected chi connectivity index (χ4v) is 3.88. The monoisotopic (exact) mass is 457 g/mol. The van der Waals surface area contributed by atoms with Crippen molar-refractivity contribution in [2.75, 3.05) is 23.4 Å². The van der Waals surface area contributed by atoms with Gasteiger partial charge in [0.15, 0.2) is 6.61 Å². The molecule has 0 bridgehead atoms. The van der Waals surface area contributed by atoms with Crippen molar-refractivity contribution in [3.63, 3.8) is 0 Å². The highest BCUT2D eigenvalue weighted by atomic mass is 79.9. The quantitative estimate of drug-likeness (QED) is 0.635. The molecule has 0 radical (unpaired) electrons. The second kappa shape index (κ2) is 7.73. The van der Waals surface area contributed by atoms with Crippen molar-refractivity contribution >= 4 is 50.5 Å². The zero-order valence-corrected chi connectivity index (χ0v) is 17.3. The van der Waals surface area contributed by atoms with Gasteiger partial charge in [-0.1, -0.05) is 28.1 Å². The molecule has 4 rings (SSSR count). The third-order valence-electron chi connectivity index (χ3n) is 4.25. The van der Waals surface area contributed by atoms with E-state index in [0.717, 1.165) is 20.7 Å². The average molecular weight is 458 g/mol. The third-order valence-corrected chi connectivity index (χ3v) is 5.52. The molecule has 142 valence electrons. The molecule has 0 fully saturated rings. The van der Waals surface area contributed by atoms with Crippen molar-refractivity contribution in [2.45, 2.75) is 6.92 Å². The molecule has 2 heterocycles. The molecule has 0 unspecified atom stereocenters. The largest absolute Gasteiger partial charge is 0.482 e. The number of nitrogens with one attached hydrogen (secondary N) is 1. The lowest BCUT2D eigenvalue weighted by atomic mass is 10.1. The smallest absolute Gasteiger partial charge is 0.265 e. The second-order valence-corrected chi connectivity index (χ2v) is 8.24. The summed E-state index contributed by atoms with van der Waals surface area (Å²) in [4.78, 5) is 30.6. The van der Waals surface area contributed by atoms with Gasteiger partial charge in [-0.05, 0) is 37.3 Å². The minimum absolute atomic E-state index is 0.0795. The summed E-state index contributed by atoms with van der Waals surface area (Å²) in [6.45, 7) is 1.80. The van der Waals surface area contributed by atoms with E-state index >= 15 is 0 Å². The van der Waals surface area contributed by atoms with Gasteiger partial charge in [-0.2, -0.15) is 0 Å². The lowest BCUT2D eigenvalue weighted by molar-refractivity contribution is -0.123. The first-order valence-corrected chi connectivity index (χ1v) is 10.2. The lowest BCUT2D eigenvalue weighted by Gasteiger charge is -2.29. The Labute approximate surface area is 174 Å². The number of hydrogen-bond acceptors (Lipinski definition) is 5. The molecule has 0 spiro atoms. The summed E-state index contributed by atoms with van der Waals surface area (Å²) in [6, 6.07) is 12.8. The number of thiazole rings is 1. The number of ether oxygens (including phenoxy) is 1. The van der Waals surface area contributed by atoms with Gasteiger partial charge >= 0.3 is 0 Å². The van der Waals surface area contributed by atoms with E-state index in [4.69, 9.17) is 4.74 Å². The predicted molar refractivity (Wildman–Crippen MR) is 113 cm³/mol. The molecule has 1 aliphatic rings. The maximum Gasteiger partial charge on any atom is 0.265 e. The van der Waals surface area contributed by atoms with E-state index in [9.17, 15) is 9.59 Å². The summed E-state index contributed by atoms with van der Waals surface area (Å²) in [5.74, 6) is 0.0466. The Morgan fingerprint density at radius 1 is 1.29 bits per heavy atom. The number of hydrogen-bond donors (Lipinski definition) is 1. The Bertz CT molecular complexity index is 1050. The molecule has 0 saturated heterocycles. The van der Waals surface area contributed by atoms with Gasteiger partial charge in [0, 0.05) is 21.1 Å². The predicted octanol–water partition coefficient (Wildman–Crippen LogP) is 4.25. The Hall–Kier alpha value is -2.71. The molecule has 6 nitrogen and oxygen atoms in total. The molecule has 3 aromatic rings. The van der Waals surface area contributed by atoms with Crippen molar-refractivity contribution in [3.05, 3.63) is 57.3 Å². The molecule has 8 heteroatoms. The van der Waals surface area contributed by atoms with Crippen LogP contribution >= 0.6 is 27.3 Å². The Morgan fingerprint density at radius 3 is 2.79 bits per heavy atom. The van der Waals surface area contributed by atoms with E-state index in [2.05, 4.69) is 26.2 Å². The highest BCUT2D eigenvalue weighted by molar-refractivity contribution is 9.10. The third kappa shape index (κ3) is 3.93. The van der Waals surface area contributed by atoms with Gasteiger partial charge in [-0.25, -0.2) is 4.98 Å². The molecule has 28 heavy (non-hydrogen) atoms. The van der Waals surface area contributed by atoms with Crippen molar-refractivity contribution in [3.8, 4) is 17.0 Å². The van der Waals surface area contributed by atoms with Gasteiger partial charge in [0.25, 0.3) is 5.91 Å². The highest BCUT2D eigenvalue weighted by Gasteiger charge is 2.27. The molecular weight excluding hydrogens is 442 g/mol. The van der Waals surface area contributed by atoms with Crippen LogP contribution in [-0.2, 0) is 9.59 Å². The number of nitrogens with zero attached hydrogens (tertiary/aromatic N) is 2. The number of aromatic nitrogens is 1. The summed E-state index contributed by atoms with van der Waals surface area (Å²) in [5.41, 5.74) is 3.16. The first kappa shape index (κ1) is 18.6. The maximum atomic E-state index is 12.5. The number of halogens is 1. The van der Waals surface area contributed by atoms with Crippen LogP contribution in [0, 0.1) is 6.92 Å². The summed E-state index contributed by atoms with van der Waals surface area (Å²) in [5, 5.41) is 5.85. The Balaban J connectivity index is 1.45. The molecule has 1 aliphatic heterocycles. The van der Waals surface area contributed by atoms with E-state index < -0.39 is 0 Å². The van der Waals surface area contributed by atoms with Gasteiger partial charge in [0.05, 0.1) is 16.4 Å². The summed E-state index contributed by atoms with van der Waals surface area (Å²) >= 11 is 4.98. The van der Waals surface area contributed by atoms with Crippen molar-refractivity contribution < 1.29 is 14.3 Å². The zero-order chi connectivity index (χ0) is 19.7. The number of carbonyl (C=O) groups is 2. The van der Waals surface area contributed by atoms with Gasteiger partial charge in [-0.3, -0.25) is 14.5 Å². The second-order valence-electron chi connectivity index (χ2n) is 6.26. The molecule has 0 atom stereocenters. The Morgan fingerprint density at radius 2 is 2.07 bits per heavy atom. The van der Waals surface area contributed by atoms with Gasteiger partial charge in [0.2, 0.25) is 5.91 Å². The van der Waals surface area contributed by atoms with E-state index in [1.54, 1.807) is 23.5 Å². The maximum absolute atomic E-state index is 12.5. The van der Waals surface area contributed by atoms with Crippen LogP contribution in [0.25, 0.3) is 11.3 Å². The summed E-state index contributed by atoms with van der Waals surface area (Å²) < 4.78 is 6.29. The molecule has 2 amide bonds. The SMILES string of the molecule is Cc1nc(-c2ccc(NC(=O)CN3C(=O)COc4cc(Br)ccc43)cc2)cs1. The molecule has 0 saturated carbocycles. The molecule has 1 N–H and O–H groups in total. The van der Waals surface area contributed by atoms with Crippen LogP contribution in [0.2, 0.25) is 0 Å². The van der Waals surface area contributed by atoms with Crippen LogP contribution in [0.3, 0.4) is 0 Å². The van der Waals surface area contributed by atoms with E-state index in [0.29, 0.717) is 17.1 Å². The number of carbonyl (C=O) groups excluding carboxylic acids is 2. The van der Waals surface area contributed by atoms with Crippen LogP contribution < -0.4 is 15.0 Å². The van der Waals surface area contributed by atoms with Gasteiger partial charge < -0.3 is 10.1 Å². The van der Waals surface area contributed by atoms with Crippen LogP contribution in [-0.4, -0.2) is 29.9 Å². The highest BCUT2D eigenvalue weighted by Crippen LogP contribution is 2.34. The number of fused-ring (bicyclic) bond motifs is 1. The molecule has 2 aromatic carbocycles. The molecule has 0 aliphatic carbocycles. The minimum atomic E-state index is -0.277. The minimum Gasteiger partial charge on any atom is -0.482 e. The first-order valence-electron chi connectivity index (χ1n) is 8.55. The normalized spacial score (nSPS) is 13.1. The summed E-state index contributed by atoms with van der Waals surface area (Å²) in [6.07, 6.45) is 0. The number of amides is 2. The van der Waals surface area contributed by atoms with Crippen molar-refractivity contribution in [1.29, 1.82) is 0 Å². The van der Waals surface area contributed by atoms with Gasteiger partial charge in [-0.15, -0.1) is 11.3 Å². The van der Waals surface area contributed by atoms with Crippen LogP contribution in [0.1, 0.15) is 5.01 Å². The number of rotatable bonds is 4. The number of benzene rings is 2. The van der Waals surface area contributed by atoms with Crippen molar-refractivity contribution in [1.82, 2.24) is 4.98 Å². The summed E-state index contributed by atoms with van der Waals surface area (Å²) in [7, 11) is 0. The van der Waals surface area contributed by atoms with Crippen LogP contribution in [0.5, 0.6) is 5.75 Å². The standard InChI is InChI=1S/C20H16BrN3O3S/c1-12-22-16(11-28-12)13-2-5-15(6-3-13)23-19(25)9-24-17-7-4-14(21)8-18(17)27-10-20(24)26/h2-8,11H,9-10H2,1H3,(H,23,25). The van der Waals surface area contributed by atoms with E-state index in [-0.39, 0.29) is 25.0 Å².